The quantitative estimate of drug-likeness (QED) is 0.740. The van der Waals surface area contributed by atoms with Gasteiger partial charge >= 0.3 is 0 Å². The lowest BCUT2D eigenvalue weighted by molar-refractivity contribution is -0.147. The molecule has 3 aliphatic heterocycles. The molecule has 1 unspecified atom stereocenters. The molecule has 160 valence electrons. The first-order chi connectivity index (χ1) is 13.9. The van der Waals surface area contributed by atoms with E-state index in [-0.39, 0.29) is 35.9 Å². The minimum absolute atomic E-state index is 0.0460. The summed E-state index contributed by atoms with van der Waals surface area (Å²) in [7, 11) is 0. The Labute approximate surface area is 176 Å². The summed E-state index contributed by atoms with van der Waals surface area (Å²) in [6.07, 6.45) is 2.02. The normalized spacial score (nSPS) is 30.0. The number of carbonyl (C=O) groups is 2. The monoisotopic (exact) mass is 424 g/mol. The molecule has 0 aromatic carbocycles. The Kier molecular flexibility index (Phi) is 5.86. The van der Waals surface area contributed by atoms with Crippen LogP contribution in [0, 0.1) is 11.8 Å². The van der Waals surface area contributed by atoms with Gasteiger partial charge in [-0.25, -0.2) is 0 Å². The minimum atomic E-state index is -0.382. The highest BCUT2D eigenvalue weighted by atomic mass is 35.5. The zero-order chi connectivity index (χ0) is 20.7. The minimum Gasteiger partial charge on any atom is -0.381 e. The molecule has 0 aliphatic carbocycles. The lowest BCUT2D eigenvalue weighted by atomic mass is 9.86. The summed E-state index contributed by atoms with van der Waals surface area (Å²) in [4.78, 5) is 29.8. The first kappa shape index (κ1) is 20.6. The van der Waals surface area contributed by atoms with Gasteiger partial charge in [-0.3, -0.25) is 14.3 Å². The molecule has 8 nitrogen and oxygen atoms in total. The molecule has 4 heterocycles. The maximum absolute atomic E-state index is 13.2. The molecule has 3 saturated heterocycles. The van der Waals surface area contributed by atoms with Gasteiger partial charge in [-0.15, -0.1) is 0 Å². The highest BCUT2D eigenvalue weighted by Gasteiger charge is 2.46. The van der Waals surface area contributed by atoms with Crippen molar-refractivity contribution in [3.05, 3.63) is 16.9 Å². The summed E-state index contributed by atoms with van der Waals surface area (Å²) in [6.45, 7) is 9.31. The third-order valence-corrected chi connectivity index (χ3v) is 6.68. The van der Waals surface area contributed by atoms with Gasteiger partial charge < -0.3 is 19.3 Å². The van der Waals surface area contributed by atoms with E-state index in [2.05, 4.69) is 5.10 Å². The number of piperazine rings is 1. The molecule has 1 aromatic rings. The van der Waals surface area contributed by atoms with Crippen molar-refractivity contribution < 1.29 is 19.1 Å². The third kappa shape index (κ3) is 3.78. The van der Waals surface area contributed by atoms with E-state index in [0.717, 1.165) is 6.42 Å². The Morgan fingerprint density at radius 3 is 2.76 bits per heavy atom. The number of hydrogen-bond donors (Lipinski definition) is 0. The fraction of sp³-hybridized carbons (Fsp3) is 0.750. The van der Waals surface area contributed by atoms with Crippen molar-refractivity contribution in [2.75, 3.05) is 39.5 Å². The first-order valence-corrected chi connectivity index (χ1v) is 10.8. The Morgan fingerprint density at radius 1 is 1.28 bits per heavy atom. The summed E-state index contributed by atoms with van der Waals surface area (Å²) < 4.78 is 13.0. The molecular weight excluding hydrogens is 396 g/mol. The number of amides is 2. The number of aromatic nitrogens is 2. The SMILES string of the molecule is CC1CN(C(=O)c2cnn(C(C)C)c2Cl)CCN1C(=O)[C@@H]1OC[C@@H]2COCC[C@@H]21. The van der Waals surface area contributed by atoms with Crippen molar-refractivity contribution in [1.29, 1.82) is 0 Å². The molecule has 4 atom stereocenters. The highest BCUT2D eigenvalue weighted by molar-refractivity contribution is 6.32. The van der Waals surface area contributed by atoms with Crippen LogP contribution in [-0.4, -0.2) is 83.0 Å². The highest BCUT2D eigenvalue weighted by Crippen LogP contribution is 2.35. The molecule has 0 bridgehead atoms. The number of rotatable bonds is 3. The van der Waals surface area contributed by atoms with Gasteiger partial charge in [0.05, 0.1) is 25.0 Å². The summed E-state index contributed by atoms with van der Waals surface area (Å²) in [5.74, 6) is 0.464. The predicted molar refractivity (Wildman–Crippen MR) is 107 cm³/mol. The lowest BCUT2D eigenvalue weighted by Crippen LogP contribution is -2.58. The van der Waals surface area contributed by atoms with Gasteiger partial charge in [0.15, 0.2) is 0 Å². The fourth-order valence-electron chi connectivity index (χ4n) is 4.64. The standard InChI is InChI=1S/C20H29ClN4O4/c1-12(2)25-18(21)16(8-22-25)19(26)23-5-6-24(13(3)9-23)20(27)17-15-4-7-28-10-14(15)11-29-17/h8,12-15,17H,4-7,9-11H2,1-3H3/t13?,14-,15-,17+/m0/s1. The van der Waals surface area contributed by atoms with Gasteiger partial charge in [0.2, 0.25) is 0 Å². The van der Waals surface area contributed by atoms with Gasteiger partial charge in [-0.1, -0.05) is 11.6 Å². The molecule has 29 heavy (non-hydrogen) atoms. The molecule has 4 rings (SSSR count). The van der Waals surface area contributed by atoms with Crippen molar-refractivity contribution in [1.82, 2.24) is 19.6 Å². The Morgan fingerprint density at radius 2 is 2.07 bits per heavy atom. The second kappa shape index (κ2) is 8.24. The van der Waals surface area contributed by atoms with Crippen molar-refractivity contribution in [3.63, 3.8) is 0 Å². The van der Waals surface area contributed by atoms with Crippen LogP contribution in [0.5, 0.6) is 0 Å². The van der Waals surface area contributed by atoms with E-state index >= 15 is 0 Å². The summed E-state index contributed by atoms with van der Waals surface area (Å²) in [5, 5.41) is 4.59. The van der Waals surface area contributed by atoms with Gasteiger partial charge in [-0.05, 0) is 27.2 Å². The zero-order valence-corrected chi connectivity index (χ0v) is 18.0. The molecule has 0 radical (unpaired) electrons. The van der Waals surface area contributed by atoms with Gasteiger partial charge in [-0.2, -0.15) is 5.10 Å². The number of carbonyl (C=O) groups excluding carboxylic acids is 2. The fourth-order valence-corrected chi connectivity index (χ4v) is 5.01. The van der Waals surface area contributed by atoms with E-state index in [4.69, 9.17) is 21.1 Å². The number of nitrogens with zero attached hydrogens (tertiary/aromatic N) is 4. The van der Waals surface area contributed by atoms with E-state index in [1.54, 1.807) is 9.58 Å². The maximum Gasteiger partial charge on any atom is 0.258 e. The average molecular weight is 425 g/mol. The van der Waals surface area contributed by atoms with Crippen LogP contribution in [0.3, 0.4) is 0 Å². The topological polar surface area (TPSA) is 76.9 Å². The van der Waals surface area contributed by atoms with Gasteiger partial charge in [0.1, 0.15) is 11.3 Å². The zero-order valence-electron chi connectivity index (χ0n) is 17.2. The molecular formula is C20H29ClN4O4. The number of ether oxygens (including phenoxy) is 2. The van der Waals surface area contributed by atoms with Crippen LogP contribution in [0.4, 0.5) is 0 Å². The Hall–Kier alpha value is -1.64. The van der Waals surface area contributed by atoms with E-state index < -0.39 is 0 Å². The Balaban J connectivity index is 1.40. The first-order valence-electron chi connectivity index (χ1n) is 10.4. The van der Waals surface area contributed by atoms with Crippen LogP contribution in [-0.2, 0) is 14.3 Å². The van der Waals surface area contributed by atoms with Crippen molar-refractivity contribution in [2.45, 2.75) is 45.4 Å². The molecule has 0 spiro atoms. The smallest absolute Gasteiger partial charge is 0.258 e. The van der Waals surface area contributed by atoms with Gasteiger partial charge in [0, 0.05) is 50.2 Å². The van der Waals surface area contributed by atoms with Gasteiger partial charge in [0.25, 0.3) is 11.8 Å². The van der Waals surface area contributed by atoms with E-state index in [9.17, 15) is 9.59 Å². The summed E-state index contributed by atoms with van der Waals surface area (Å²) >= 11 is 6.36. The molecule has 1 aromatic heterocycles. The summed E-state index contributed by atoms with van der Waals surface area (Å²) in [6, 6.07) is -0.000484. The van der Waals surface area contributed by atoms with Crippen LogP contribution in [0.25, 0.3) is 0 Å². The molecule has 3 fully saturated rings. The largest absolute Gasteiger partial charge is 0.381 e. The van der Waals surface area contributed by atoms with Crippen molar-refractivity contribution in [2.24, 2.45) is 11.8 Å². The van der Waals surface area contributed by atoms with E-state index in [0.29, 0.717) is 56.1 Å². The van der Waals surface area contributed by atoms with Crippen molar-refractivity contribution >= 4 is 23.4 Å². The van der Waals surface area contributed by atoms with E-state index in [1.807, 2.05) is 25.7 Å². The van der Waals surface area contributed by atoms with Crippen LogP contribution in [0.1, 0.15) is 43.6 Å². The molecule has 0 N–H and O–H groups in total. The third-order valence-electron chi connectivity index (χ3n) is 6.31. The molecule has 2 amide bonds. The molecule has 9 heteroatoms. The maximum atomic E-state index is 13.2. The predicted octanol–water partition coefficient (Wildman–Crippen LogP) is 1.84. The number of hydrogen-bond acceptors (Lipinski definition) is 5. The Bertz CT molecular complexity index is 783. The van der Waals surface area contributed by atoms with E-state index in [1.165, 1.54) is 6.20 Å². The van der Waals surface area contributed by atoms with Crippen LogP contribution >= 0.6 is 11.6 Å². The van der Waals surface area contributed by atoms with Crippen LogP contribution in [0.2, 0.25) is 5.15 Å². The average Bonchev–Trinajstić information content (AvgIpc) is 3.30. The number of fused-ring (bicyclic) bond motifs is 1. The van der Waals surface area contributed by atoms with Crippen molar-refractivity contribution in [3.8, 4) is 0 Å². The second-order valence-electron chi connectivity index (χ2n) is 8.56. The second-order valence-corrected chi connectivity index (χ2v) is 8.92. The molecule has 3 aliphatic rings. The molecule has 0 saturated carbocycles. The van der Waals surface area contributed by atoms with Crippen LogP contribution < -0.4 is 0 Å². The van der Waals surface area contributed by atoms with Crippen LogP contribution in [0.15, 0.2) is 6.20 Å². The number of halogens is 1. The summed E-state index contributed by atoms with van der Waals surface area (Å²) in [5.41, 5.74) is 0.413. The lowest BCUT2D eigenvalue weighted by Gasteiger charge is -2.41.